The predicted molar refractivity (Wildman–Crippen MR) is 74.4 cm³/mol. The molecular weight excluding hydrogens is 282 g/mol. The van der Waals surface area contributed by atoms with Crippen molar-refractivity contribution in [3.63, 3.8) is 0 Å². The van der Waals surface area contributed by atoms with Crippen LogP contribution in [0.25, 0.3) is 0 Å². The first-order valence-corrected chi connectivity index (χ1v) is 7.70. The van der Waals surface area contributed by atoms with Gasteiger partial charge in [-0.25, -0.2) is 8.42 Å². The Morgan fingerprint density at radius 3 is 2.55 bits per heavy atom. The van der Waals surface area contributed by atoms with Gasteiger partial charge in [0.1, 0.15) is 11.8 Å². The molecule has 0 spiro atoms. The SMILES string of the molecule is CCC[C@H](NS(=O)(=O)c1ccc(OC)c(C)c1)C(=O)O. The van der Waals surface area contributed by atoms with Crippen molar-refractivity contribution >= 4 is 16.0 Å². The largest absolute Gasteiger partial charge is 0.496 e. The summed E-state index contributed by atoms with van der Waals surface area (Å²) in [5, 5.41) is 9.00. The van der Waals surface area contributed by atoms with E-state index in [0.29, 0.717) is 17.7 Å². The van der Waals surface area contributed by atoms with Gasteiger partial charge in [-0.05, 0) is 37.1 Å². The van der Waals surface area contributed by atoms with Crippen LogP contribution in [0.15, 0.2) is 23.1 Å². The number of aryl methyl sites for hydroxylation is 1. The van der Waals surface area contributed by atoms with Gasteiger partial charge in [-0.3, -0.25) is 4.79 Å². The van der Waals surface area contributed by atoms with Crippen molar-refractivity contribution in [3.05, 3.63) is 23.8 Å². The third kappa shape index (κ3) is 3.94. The van der Waals surface area contributed by atoms with Gasteiger partial charge >= 0.3 is 5.97 Å². The Hall–Kier alpha value is -1.60. The zero-order chi connectivity index (χ0) is 15.3. The molecule has 0 radical (unpaired) electrons. The van der Waals surface area contributed by atoms with Crippen molar-refractivity contribution in [3.8, 4) is 5.75 Å². The monoisotopic (exact) mass is 301 g/mol. The maximum Gasteiger partial charge on any atom is 0.321 e. The zero-order valence-electron chi connectivity index (χ0n) is 11.7. The highest BCUT2D eigenvalue weighted by atomic mass is 32.2. The zero-order valence-corrected chi connectivity index (χ0v) is 12.5. The lowest BCUT2D eigenvalue weighted by molar-refractivity contribution is -0.139. The number of nitrogens with one attached hydrogen (secondary N) is 1. The molecule has 0 bridgehead atoms. The van der Waals surface area contributed by atoms with Crippen LogP contribution in [0, 0.1) is 6.92 Å². The quantitative estimate of drug-likeness (QED) is 0.797. The number of rotatable bonds is 7. The van der Waals surface area contributed by atoms with Gasteiger partial charge in [-0.1, -0.05) is 13.3 Å². The number of ether oxygens (including phenoxy) is 1. The van der Waals surface area contributed by atoms with Crippen molar-refractivity contribution in [2.24, 2.45) is 0 Å². The summed E-state index contributed by atoms with van der Waals surface area (Å²) in [4.78, 5) is 11.0. The van der Waals surface area contributed by atoms with Crippen LogP contribution < -0.4 is 9.46 Å². The molecule has 7 heteroatoms. The summed E-state index contributed by atoms with van der Waals surface area (Å²) in [6.45, 7) is 3.51. The maximum absolute atomic E-state index is 12.2. The molecule has 2 N–H and O–H groups in total. The van der Waals surface area contributed by atoms with E-state index in [-0.39, 0.29) is 11.3 Å². The highest BCUT2D eigenvalue weighted by Crippen LogP contribution is 2.21. The second-order valence-corrected chi connectivity index (χ2v) is 6.15. The molecule has 0 aliphatic heterocycles. The summed E-state index contributed by atoms with van der Waals surface area (Å²) in [5.41, 5.74) is 0.665. The van der Waals surface area contributed by atoms with E-state index in [4.69, 9.17) is 9.84 Å². The van der Waals surface area contributed by atoms with Crippen molar-refractivity contribution in [1.29, 1.82) is 0 Å². The topological polar surface area (TPSA) is 92.7 Å². The summed E-state index contributed by atoms with van der Waals surface area (Å²) in [6, 6.07) is 3.26. The number of methoxy groups -OCH3 is 1. The Labute approximate surface area is 118 Å². The molecule has 0 fully saturated rings. The van der Waals surface area contributed by atoms with Gasteiger partial charge in [0.2, 0.25) is 10.0 Å². The molecule has 0 heterocycles. The van der Waals surface area contributed by atoms with Gasteiger partial charge in [0.25, 0.3) is 0 Å². The molecular formula is C13H19NO5S. The van der Waals surface area contributed by atoms with E-state index in [9.17, 15) is 13.2 Å². The molecule has 0 aliphatic carbocycles. The number of carboxylic acid groups (broad SMARTS) is 1. The standard InChI is InChI=1S/C13H19NO5S/c1-4-5-11(13(15)16)14-20(17,18)10-6-7-12(19-3)9(2)8-10/h6-8,11,14H,4-5H2,1-3H3,(H,15,16)/t11-/m0/s1. The fraction of sp³-hybridized carbons (Fsp3) is 0.462. The molecule has 1 aromatic carbocycles. The van der Waals surface area contributed by atoms with Crippen LogP contribution in [0.1, 0.15) is 25.3 Å². The van der Waals surface area contributed by atoms with Gasteiger partial charge in [0, 0.05) is 0 Å². The highest BCUT2D eigenvalue weighted by Gasteiger charge is 2.24. The van der Waals surface area contributed by atoms with Gasteiger partial charge in [-0.2, -0.15) is 4.72 Å². The predicted octanol–water partition coefficient (Wildman–Crippen LogP) is 1.54. The Balaban J connectivity index is 3.04. The van der Waals surface area contributed by atoms with E-state index in [2.05, 4.69) is 4.72 Å². The van der Waals surface area contributed by atoms with Crippen LogP contribution in [-0.2, 0) is 14.8 Å². The minimum absolute atomic E-state index is 0.0261. The molecule has 20 heavy (non-hydrogen) atoms. The second-order valence-electron chi connectivity index (χ2n) is 4.43. The second kappa shape index (κ2) is 6.71. The van der Waals surface area contributed by atoms with E-state index < -0.39 is 22.0 Å². The van der Waals surface area contributed by atoms with Crippen molar-refractivity contribution in [1.82, 2.24) is 4.72 Å². The first-order valence-electron chi connectivity index (χ1n) is 6.21. The summed E-state index contributed by atoms with van der Waals surface area (Å²) in [7, 11) is -2.36. The normalized spacial score (nSPS) is 12.9. The number of aliphatic carboxylic acids is 1. The third-order valence-corrected chi connectivity index (χ3v) is 4.32. The Morgan fingerprint density at radius 1 is 1.45 bits per heavy atom. The van der Waals surface area contributed by atoms with Crippen LogP contribution in [0.5, 0.6) is 5.75 Å². The summed E-state index contributed by atoms with van der Waals surface area (Å²) in [6.07, 6.45) is 0.810. The average molecular weight is 301 g/mol. The van der Waals surface area contributed by atoms with Gasteiger partial charge in [0.05, 0.1) is 12.0 Å². The number of hydrogen-bond donors (Lipinski definition) is 2. The average Bonchev–Trinajstić information content (AvgIpc) is 2.37. The van der Waals surface area contributed by atoms with Crippen LogP contribution >= 0.6 is 0 Å². The highest BCUT2D eigenvalue weighted by molar-refractivity contribution is 7.89. The summed E-state index contributed by atoms with van der Waals surface area (Å²) < 4.78 is 31.6. The first kappa shape index (κ1) is 16.5. The molecule has 0 unspecified atom stereocenters. The molecule has 0 amide bonds. The van der Waals surface area contributed by atoms with Crippen LogP contribution in [-0.4, -0.2) is 32.6 Å². The van der Waals surface area contributed by atoms with Gasteiger partial charge in [0.15, 0.2) is 0 Å². The molecule has 1 atom stereocenters. The van der Waals surface area contributed by atoms with Crippen molar-refractivity contribution < 1.29 is 23.1 Å². The fourth-order valence-corrected chi connectivity index (χ4v) is 3.10. The number of carboxylic acids is 1. The number of carbonyl (C=O) groups is 1. The van der Waals surface area contributed by atoms with Crippen LogP contribution in [0.4, 0.5) is 0 Å². The Morgan fingerprint density at radius 2 is 2.10 bits per heavy atom. The van der Waals surface area contributed by atoms with E-state index in [1.807, 2.05) is 0 Å². The van der Waals surface area contributed by atoms with Crippen LogP contribution in [0.3, 0.4) is 0 Å². The Bertz CT molecular complexity index is 582. The fourth-order valence-electron chi connectivity index (χ4n) is 1.79. The number of sulfonamides is 1. The molecule has 0 aliphatic rings. The van der Waals surface area contributed by atoms with Crippen molar-refractivity contribution in [2.75, 3.05) is 7.11 Å². The minimum Gasteiger partial charge on any atom is -0.496 e. The van der Waals surface area contributed by atoms with E-state index in [1.54, 1.807) is 19.9 Å². The molecule has 0 aromatic heterocycles. The van der Waals surface area contributed by atoms with E-state index in [1.165, 1.54) is 19.2 Å². The molecule has 1 rings (SSSR count). The van der Waals surface area contributed by atoms with Crippen molar-refractivity contribution in [2.45, 2.75) is 37.6 Å². The molecule has 0 saturated heterocycles. The van der Waals surface area contributed by atoms with E-state index in [0.717, 1.165) is 0 Å². The first-order chi connectivity index (χ1) is 9.31. The third-order valence-electron chi connectivity index (χ3n) is 2.85. The lowest BCUT2D eigenvalue weighted by Crippen LogP contribution is -2.40. The lowest BCUT2D eigenvalue weighted by Gasteiger charge is -2.14. The van der Waals surface area contributed by atoms with E-state index >= 15 is 0 Å². The summed E-state index contributed by atoms with van der Waals surface area (Å²) in [5.74, 6) is -0.604. The smallest absolute Gasteiger partial charge is 0.321 e. The van der Waals surface area contributed by atoms with Crippen LogP contribution in [0.2, 0.25) is 0 Å². The Kier molecular flexibility index (Phi) is 5.52. The van der Waals surface area contributed by atoms with Gasteiger partial charge < -0.3 is 9.84 Å². The molecule has 112 valence electrons. The molecule has 6 nitrogen and oxygen atoms in total. The summed E-state index contributed by atoms with van der Waals surface area (Å²) >= 11 is 0. The molecule has 1 aromatic rings. The maximum atomic E-state index is 12.2. The minimum atomic E-state index is -3.86. The van der Waals surface area contributed by atoms with Gasteiger partial charge in [-0.15, -0.1) is 0 Å². The lowest BCUT2D eigenvalue weighted by atomic mass is 10.2. The number of benzene rings is 1. The number of hydrogen-bond acceptors (Lipinski definition) is 4. The molecule has 0 saturated carbocycles.